The summed E-state index contributed by atoms with van der Waals surface area (Å²) in [7, 11) is 0. The van der Waals surface area contributed by atoms with Crippen LogP contribution in [-0.2, 0) is 9.47 Å². The highest BCUT2D eigenvalue weighted by Crippen LogP contribution is 2.06. The second-order valence-electron chi connectivity index (χ2n) is 7.29. The Hall–Kier alpha value is 0.150. The lowest BCUT2D eigenvalue weighted by molar-refractivity contribution is -0.0347. The molecule has 2 atom stereocenters. The molecule has 0 amide bonds. The van der Waals surface area contributed by atoms with Gasteiger partial charge in [-0.2, -0.15) is 11.8 Å². The first-order valence-corrected chi connectivity index (χ1v) is 10.1. The Bertz CT molecular complexity index is 300. The van der Waals surface area contributed by atoms with E-state index in [1.165, 1.54) is 0 Å². The quantitative estimate of drug-likeness (QED) is 0.552. The van der Waals surface area contributed by atoms with E-state index in [1.807, 2.05) is 11.8 Å². The molecule has 0 saturated carbocycles. The van der Waals surface area contributed by atoms with Crippen molar-refractivity contribution >= 4 is 11.8 Å². The van der Waals surface area contributed by atoms with Gasteiger partial charge in [-0.15, -0.1) is 0 Å². The molecule has 1 saturated heterocycles. The second-order valence-corrected chi connectivity index (χ2v) is 8.56. The van der Waals surface area contributed by atoms with Crippen LogP contribution in [-0.4, -0.2) is 87.1 Å². The van der Waals surface area contributed by atoms with Gasteiger partial charge < -0.3 is 20.1 Å². The maximum absolute atomic E-state index is 5.84. The monoisotopic (exact) mass is 347 g/mol. The molecule has 1 aliphatic heterocycles. The first-order chi connectivity index (χ1) is 10.9. The zero-order chi connectivity index (χ0) is 17.1. The summed E-state index contributed by atoms with van der Waals surface area (Å²) in [6, 6.07) is 0. The third kappa shape index (κ3) is 11.3. The van der Waals surface area contributed by atoms with Crippen LogP contribution < -0.4 is 10.6 Å². The number of thioether (sulfide) groups is 1. The van der Waals surface area contributed by atoms with E-state index in [4.69, 9.17) is 9.47 Å². The first kappa shape index (κ1) is 21.2. The Morgan fingerprint density at radius 3 is 2.83 bits per heavy atom. The molecular weight excluding hydrogens is 310 g/mol. The van der Waals surface area contributed by atoms with Crippen LogP contribution in [0.15, 0.2) is 0 Å². The number of nitrogens with zero attached hydrogens (tertiary/aromatic N) is 1. The van der Waals surface area contributed by atoms with Crippen molar-refractivity contribution in [3.05, 3.63) is 0 Å². The average Bonchev–Trinajstić information content (AvgIpc) is 2.50. The van der Waals surface area contributed by atoms with E-state index in [1.54, 1.807) is 0 Å². The molecule has 0 bridgehead atoms. The van der Waals surface area contributed by atoms with E-state index < -0.39 is 0 Å². The van der Waals surface area contributed by atoms with E-state index in [0.29, 0.717) is 11.4 Å². The van der Waals surface area contributed by atoms with Crippen LogP contribution in [0.4, 0.5) is 0 Å². The molecular formula is C17H37N3O2S. The molecule has 0 radical (unpaired) electrons. The van der Waals surface area contributed by atoms with Crippen molar-refractivity contribution in [1.82, 2.24) is 15.5 Å². The fourth-order valence-corrected chi connectivity index (χ4v) is 2.72. The van der Waals surface area contributed by atoms with Gasteiger partial charge in [0.15, 0.2) is 0 Å². The Morgan fingerprint density at radius 1 is 1.35 bits per heavy atom. The third-order valence-corrected chi connectivity index (χ3v) is 4.85. The zero-order valence-corrected chi connectivity index (χ0v) is 16.5. The number of morpholine rings is 1. The molecule has 0 aromatic rings. The molecule has 5 nitrogen and oxygen atoms in total. The van der Waals surface area contributed by atoms with Gasteiger partial charge >= 0.3 is 0 Å². The van der Waals surface area contributed by atoms with Crippen molar-refractivity contribution in [2.45, 2.75) is 44.6 Å². The molecule has 1 rings (SSSR count). The summed E-state index contributed by atoms with van der Waals surface area (Å²) < 4.78 is 11.6. The molecule has 1 heterocycles. The standard InChI is InChI=1S/C17H37N3O2S/c1-15(23-5)12-18-13-16-14-20(8-11-22-16)7-10-21-9-6-19-17(2,3)4/h15-16,18-19H,6-14H2,1-5H3. The van der Waals surface area contributed by atoms with Gasteiger partial charge in [0.25, 0.3) is 0 Å². The molecule has 0 aromatic carbocycles. The van der Waals surface area contributed by atoms with Crippen molar-refractivity contribution in [3.63, 3.8) is 0 Å². The van der Waals surface area contributed by atoms with Crippen molar-refractivity contribution in [3.8, 4) is 0 Å². The second kappa shape index (κ2) is 11.7. The Balaban J connectivity index is 2.04. The topological polar surface area (TPSA) is 45.8 Å². The predicted molar refractivity (Wildman–Crippen MR) is 101 cm³/mol. The van der Waals surface area contributed by atoms with Gasteiger partial charge in [0, 0.05) is 50.1 Å². The number of rotatable bonds is 11. The van der Waals surface area contributed by atoms with Gasteiger partial charge in [0.1, 0.15) is 0 Å². The van der Waals surface area contributed by atoms with Crippen molar-refractivity contribution in [1.29, 1.82) is 0 Å². The zero-order valence-electron chi connectivity index (χ0n) is 15.7. The molecule has 1 fully saturated rings. The van der Waals surface area contributed by atoms with Crippen molar-refractivity contribution < 1.29 is 9.47 Å². The van der Waals surface area contributed by atoms with Gasteiger partial charge in [-0.25, -0.2) is 0 Å². The summed E-state index contributed by atoms with van der Waals surface area (Å²) >= 11 is 1.90. The SMILES string of the molecule is CSC(C)CNCC1CN(CCOCCNC(C)(C)C)CCO1. The minimum absolute atomic E-state index is 0.168. The molecule has 2 N–H and O–H groups in total. The highest BCUT2D eigenvalue weighted by Gasteiger charge is 2.20. The van der Waals surface area contributed by atoms with Crippen LogP contribution in [0.25, 0.3) is 0 Å². The Kier molecular flexibility index (Phi) is 10.7. The van der Waals surface area contributed by atoms with E-state index >= 15 is 0 Å². The van der Waals surface area contributed by atoms with Crippen LogP contribution in [0.5, 0.6) is 0 Å². The van der Waals surface area contributed by atoms with E-state index in [2.05, 4.69) is 49.5 Å². The summed E-state index contributed by atoms with van der Waals surface area (Å²) in [5.41, 5.74) is 0.168. The van der Waals surface area contributed by atoms with Crippen LogP contribution in [0.1, 0.15) is 27.7 Å². The summed E-state index contributed by atoms with van der Waals surface area (Å²) in [5, 5.41) is 7.61. The minimum Gasteiger partial charge on any atom is -0.379 e. The highest BCUT2D eigenvalue weighted by atomic mass is 32.2. The molecule has 23 heavy (non-hydrogen) atoms. The molecule has 0 aliphatic carbocycles. The lowest BCUT2D eigenvalue weighted by Gasteiger charge is -2.33. The Labute approximate surface area is 147 Å². The van der Waals surface area contributed by atoms with Gasteiger partial charge in [-0.1, -0.05) is 6.92 Å². The minimum atomic E-state index is 0.168. The predicted octanol–water partition coefficient (Wildman–Crippen LogP) is 1.43. The number of hydrogen-bond donors (Lipinski definition) is 2. The van der Waals surface area contributed by atoms with Crippen molar-refractivity contribution in [2.75, 3.05) is 65.3 Å². The van der Waals surface area contributed by atoms with E-state index in [9.17, 15) is 0 Å². The average molecular weight is 348 g/mol. The normalized spacial score (nSPS) is 21.5. The van der Waals surface area contributed by atoms with Crippen LogP contribution >= 0.6 is 11.8 Å². The first-order valence-electron chi connectivity index (χ1n) is 8.81. The smallest absolute Gasteiger partial charge is 0.0826 e. The van der Waals surface area contributed by atoms with Crippen LogP contribution in [0, 0.1) is 0 Å². The fourth-order valence-electron chi connectivity index (χ4n) is 2.43. The van der Waals surface area contributed by atoms with Crippen LogP contribution in [0.2, 0.25) is 0 Å². The summed E-state index contributed by atoms with van der Waals surface area (Å²) in [6.07, 6.45) is 2.46. The van der Waals surface area contributed by atoms with Crippen molar-refractivity contribution in [2.24, 2.45) is 0 Å². The van der Waals surface area contributed by atoms with Gasteiger partial charge in [0.05, 0.1) is 25.9 Å². The molecule has 0 spiro atoms. The Morgan fingerprint density at radius 2 is 2.13 bits per heavy atom. The van der Waals surface area contributed by atoms with Gasteiger partial charge in [-0.05, 0) is 27.0 Å². The molecule has 6 heteroatoms. The molecule has 2 unspecified atom stereocenters. The lowest BCUT2D eigenvalue weighted by atomic mass is 10.1. The largest absolute Gasteiger partial charge is 0.379 e. The maximum atomic E-state index is 5.84. The summed E-state index contributed by atoms with van der Waals surface area (Å²) in [5.74, 6) is 0. The van der Waals surface area contributed by atoms with Crippen LogP contribution in [0.3, 0.4) is 0 Å². The highest BCUT2D eigenvalue weighted by molar-refractivity contribution is 7.99. The number of hydrogen-bond acceptors (Lipinski definition) is 6. The fraction of sp³-hybridized carbons (Fsp3) is 1.00. The number of ether oxygens (including phenoxy) is 2. The lowest BCUT2D eigenvalue weighted by Crippen LogP contribution is -2.48. The third-order valence-electron chi connectivity index (χ3n) is 3.88. The number of nitrogens with one attached hydrogen (secondary N) is 2. The maximum Gasteiger partial charge on any atom is 0.0826 e. The molecule has 0 aromatic heterocycles. The van der Waals surface area contributed by atoms with Gasteiger partial charge in [0.2, 0.25) is 0 Å². The summed E-state index contributed by atoms with van der Waals surface area (Å²) in [6.45, 7) is 17.1. The summed E-state index contributed by atoms with van der Waals surface area (Å²) in [4.78, 5) is 2.45. The van der Waals surface area contributed by atoms with Gasteiger partial charge in [-0.3, -0.25) is 4.90 Å². The van der Waals surface area contributed by atoms with E-state index in [-0.39, 0.29) is 5.54 Å². The van der Waals surface area contributed by atoms with E-state index in [0.717, 1.165) is 59.1 Å². The molecule has 138 valence electrons. The molecule has 1 aliphatic rings.